The summed E-state index contributed by atoms with van der Waals surface area (Å²) in [5.74, 6) is 0. The van der Waals surface area contributed by atoms with E-state index in [4.69, 9.17) is 14.9 Å². The fourth-order valence-electron chi connectivity index (χ4n) is 0.906. The molecule has 5 heteroatoms. The minimum atomic E-state index is -0.544. The van der Waals surface area contributed by atoms with Crippen molar-refractivity contribution in [1.29, 1.82) is 0 Å². The standard InChI is InChI=1S/C7H14O5/c1-7(2,4-8)5-6(11-9-3)12-10-5/h5-6,8H,4H2,1-3H3. The van der Waals surface area contributed by atoms with Crippen LogP contribution in [0, 0.1) is 5.41 Å². The predicted octanol–water partition coefficient (Wildman–Crippen LogP) is 0.239. The Morgan fingerprint density at radius 3 is 2.42 bits per heavy atom. The molecule has 1 heterocycles. The van der Waals surface area contributed by atoms with Gasteiger partial charge in [0.1, 0.15) is 0 Å². The van der Waals surface area contributed by atoms with Crippen LogP contribution in [0.15, 0.2) is 0 Å². The van der Waals surface area contributed by atoms with Crippen molar-refractivity contribution in [2.75, 3.05) is 13.7 Å². The summed E-state index contributed by atoms with van der Waals surface area (Å²) < 4.78 is 0. The van der Waals surface area contributed by atoms with Crippen LogP contribution in [0.2, 0.25) is 0 Å². The SMILES string of the molecule is COOC1OOC1C(C)(C)CO. The van der Waals surface area contributed by atoms with Gasteiger partial charge in [-0.25, -0.2) is 9.78 Å². The molecule has 0 aromatic carbocycles. The van der Waals surface area contributed by atoms with Crippen LogP contribution in [0.25, 0.3) is 0 Å². The van der Waals surface area contributed by atoms with Crippen LogP contribution >= 0.6 is 0 Å². The van der Waals surface area contributed by atoms with E-state index in [2.05, 4.69) is 9.78 Å². The molecule has 0 spiro atoms. The Labute approximate surface area is 71.0 Å². The van der Waals surface area contributed by atoms with Crippen molar-refractivity contribution in [3.05, 3.63) is 0 Å². The molecule has 0 aliphatic carbocycles. The third-order valence-electron chi connectivity index (χ3n) is 1.87. The van der Waals surface area contributed by atoms with Crippen molar-refractivity contribution in [2.24, 2.45) is 5.41 Å². The maximum atomic E-state index is 8.98. The van der Waals surface area contributed by atoms with Gasteiger partial charge >= 0.3 is 0 Å². The van der Waals surface area contributed by atoms with Gasteiger partial charge in [0, 0.05) is 5.41 Å². The van der Waals surface area contributed by atoms with Crippen molar-refractivity contribution in [1.82, 2.24) is 0 Å². The molecule has 1 fully saturated rings. The van der Waals surface area contributed by atoms with E-state index in [1.165, 1.54) is 7.11 Å². The summed E-state index contributed by atoms with van der Waals surface area (Å²) in [6.45, 7) is 3.71. The lowest BCUT2D eigenvalue weighted by Crippen LogP contribution is -2.54. The second kappa shape index (κ2) is 3.68. The Morgan fingerprint density at radius 1 is 1.42 bits per heavy atom. The first-order valence-electron chi connectivity index (χ1n) is 3.74. The summed E-state index contributed by atoms with van der Waals surface area (Å²) in [6, 6.07) is 0. The molecular weight excluding hydrogens is 164 g/mol. The summed E-state index contributed by atoms with van der Waals surface area (Å²) in [6.07, 6.45) is -0.834. The van der Waals surface area contributed by atoms with Gasteiger partial charge in [0.25, 0.3) is 6.29 Å². The van der Waals surface area contributed by atoms with Crippen LogP contribution in [0.5, 0.6) is 0 Å². The minimum Gasteiger partial charge on any atom is -0.396 e. The molecule has 5 nitrogen and oxygen atoms in total. The lowest BCUT2D eigenvalue weighted by molar-refractivity contribution is -0.580. The van der Waals surface area contributed by atoms with Gasteiger partial charge in [0.05, 0.1) is 13.7 Å². The van der Waals surface area contributed by atoms with Gasteiger partial charge in [-0.05, 0) is 0 Å². The predicted molar refractivity (Wildman–Crippen MR) is 38.7 cm³/mol. The van der Waals surface area contributed by atoms with E-state index < -0.39 is 6.29 Å². The summed E-state index contributed by atoms with van der Waals surface area (Å²) in [5, 5.41) is 8.98. The molecule has 1 N–H and O–H groups in total. The van der Waals surface area contributed by atoms with Crippen LogP contribution < -0.4 is 0 Å². The topological polar surface area (TPSA) is 57.2 Å². The average molecular weight is 178 g/mol. The molecule has 0 aromatic rings. The minimum absolute atomic E-state index is 0.00456. The maximum absolute atomic E-state index is 8.98. The first kappa shape index (κ1) is 9.88. The summed E-state index contributed by atoms with van der Waals surface area (Å²) in [5.41, 5.74) is -0.387. The smallest absolute Gasteiger partial charge is 0.253 e. The highest BCUT2D eigenvalue weighted by Crippen LogP contribution is 2.34. The molecule has 1 aliphatic rings. The largest absolute Gasteiger partial charge is 0.396 e. The van der Waals surface area contributed by atoms with Gasteiger partial charge in [0.15, 0.2) is 6.10 Å². The first-order valence-corrected chi connectivity index (χ1v) is 3.74. The quantitative estimate of drug-likeness (QED) is 0.493. The van der Waals surface area contributed by atoms with E-state index in [9.17, 15) is 0 Å². The lowest BCUT2D eigenvalue weighted by Gasteiger charge is -2.41. The number of aliphatic hydroxyl groups excluding tert-OH is 1. The van der Waals surface area contributed by atoms with Crippen molar-refractivity contribution in [2.45, 2.75) is 26.2 Å². The van der Waals surface area contributed by atoms with Crippen molar-refractivity contribution >= 4 is 0 Å². The molecule has 0 saturated carbocycles. The van der Waals surface area contributed by atoms with Crippen molar-refractivity contribution in [3.63, 3.8) is 0 Å². The number of hydrogen-bond donors (Lipinski definition) is 1. The molecule has 2 atom stereocenters. The van der Waals surface area contributed by atoms with Crippen LogP contribution in [0.4, 0.5) is 0 Å². The summed E-state index contributed by atoms with van der Waals surface area (Å²) in [4.78, 5) is 18.5. The van der Waals surface area contributed by atoms with E-state index in [-0.39, 0.29) is 18.1 Å². The monoisotopic (exact) mass is 178 g/mol. The normalized spacial score (nSPS) is 30.0. The van der Waals surface area contributed by atoms with Crippen LogP contribution in [0.1, 0.15) is 13.8 Å². The molecule has 12 heavy (non-hydrogen) atoms. The zero-order chi connectivity index (χ0) is 9.19. The Morgan fingerprint density at radius 2 is 2.08 bits per heavy atom. The highest BCUT2D eigenvalue weighted by atomic mass is 17.3. The van der Waals surface area contributed by atoms with Gasteiger partial charge in [-0.1, -0.05) is 13.8 Å². The second-order valence-electron chi connectivity index (χ2n) is 3.39. The zero-order valence-corrected chi connectivity index (χ0v) is 7.44. The maximum Gasteiger partial charge on any atom is 0.253 e. The molecule has 0 bridgehead atoms. The second-order valence-corrected chi connectivity index (χ2v) is 3.39. The van der Waals surface area contributed by atoms with Crippen molar-refractivity contribution in [3.8, 4) is 0 Å². The van der Waals surface area contributed by atoms with Crippen LogP contribution in [0.3, 0.4) is 0 Å². The fourth-order valence-corrected chi connectivity index (χ4v) is 0.906. The van der Waals surface area contributed by atoms with Gasteiger partial charge in [0.2, 0.25) is 0 Å². The van der Waals surface area contributed by atoms with Crippen molar-refractivity contribution < 1.29 is 24.7 Å². The molecule has 0 aromatic heterocycles. The van der Waals surface area contributed by atoms with E-state index in [1.807, 2.05) is 13.8 Å². The highest BCUT2D eigenvalue weighted by molar-refractivity contribution is 4.82. The van der Waals surface area contributed by atoms with Crippen LogP contribution in [-0.2, 0) is 19.6 Å². The number of rotatable bonds is 4. The Balaban J connectivity index is 2.42. The molecule has 1 aliphatic heterocycles. The van der Waals surface area contributed by atoms with E-state index >= 15 is 0 Å². The molecule has 0 amide bonds. The number of hydrogen-bond acceptors (Lipinski definition) is 5. The molecule has 1 rings (SSSR count). The molecule has 2 unspecified atom stereocenters. The molecular formula is C7H14O5. The Kier molecular flexibility index (Phi) is 3.03. The summed E-state index contributed by atoms with van der Waals surface area (Å²) >= 11 is 0. The van der Waals surface area contributed by atoms with E-state index in [1.54, 1.807) is 0 Å². The average Bonchev–Trinajstić information content (AvgIpc) is 1.97. The van der Waals surface area contributed by atoms with Gasteiger partial charge in [-0.2, -0.15) is 9.78 Å². The fraction of sp³-hybridized carbons (Fsp3) is 1.00. The third kappa shape index (κ3) is 1.75. The van der Waals surface area contributed by atoms with Gasteiger partial charge in [-0.3, -0.25) is 0 Å². The van der Waals surface area contributed by atoms with Crippen LogP contribution in [-0.4, -0.2) is 31.2 Å². The molecule has 72 valence electrons. The first-order chi connectivity index (χ1) is 5.61. The van der Waals surface area contributed by atoms with Gasteiger partial charge < -0.3 is 5.11 Å². The summed E-state index contributed by atoms with van der Waals surface area (Å²) in [7, 11) is 1.39. The molecule has 1 saturated heterocycles. The van der Waals surface area contributed by atoms with E-state index in [0.717, 1.165) is 0 Å². The highest BCUT2D eigenvalue weighted by Gasteiger charge is 2.47. The Bertz CT molecular complexity index is 147. The van der Waals surface area contributed by atoms with E-state index in [0.29, 0.717) is 0 Å². The zero-order valence-electron chi connectivity index (χ0n) is 7.44. The Hall–Kier alpha value is -0.200. The van der Waals surface area contributed by atoms with Gasteiger partial charge in [-0.15, -0.1) is 0 Å². The third-order valence-corrected chi connectivity index (χ3v) is 1.87. The molecule has 0 radical (unpaired) electrons. The number of aliphatic hydroxyl groups is 1. The lowest BCUT2D eigenvalue weighted by atomic mass is 9.86.